The van der Waals surface area contributed by atoms with E-state index in [-0.39, 0.29) is 25.4 Å². The summed E-state index contributed by atoms with van der Waals surface area (Å²) < 4.78 is 40.3. The highest BCUT2D eigenvalue weighted by atomic mass is 35.5. The predicted molar refractivity (Wildman–Crippen MR) is 162 cm³/mol. The zero-order valence-corrected chi connectivity index (χ0v) is 24.0. The number of aromatic nitrogens is 4. The number of hydrogen-bond acceptors (Lipinski definition) is 5. The Hall–Kier alpha value is -4.70. The van der Waals surface area contributed by atoms with Crippen LogP contribution >= 0.6 is 11.6 Å². The predicted octanol–water partition coefficient (Wildman–Crippen LogP) is 7.64. The molecule has 11 heteroatoms. The number of nitrogens with one attached hydrogen (secondary N) is 2. The van der Waals surface area contributed by atoms with E-state index in [0.29, 0.717) is 27.8 Å². The molecule has 43 heavy (non-hydrogen) atoms. The summed E-state index contributed by atoms with van der Waals surface area (Å²) in [5, 5.41) is 17.8. The van der Waals surface area contributed by atoms with Gasteiger partial charge in [0.15, 0.2) is 0 Å². The first kappa shape index (κ1) is 29.8. The smallest absolute Gasteiger partial charge is 0.365 e. The number of hydrogen-bond donors (Lipinski definition) is 2. The molecular weight excluding hydrogens is 577 g/mol. The number of aromatic amines is 1. The van der Waals surface area contributed by atoms with Gasteiger partial charge in [-0.1, -0.05) is 83.9 Å². The summed E-state index contributed by atoms with van der Waals surface area (Å²) in [7, 11) is 0. The largest absolute Gasteiger partial charge is 0.390 e. The molecule has 1 aromatic heterocycles. The van der Waals surface area contributed by atoms with Crippen LogP contribution < -0.4 is 10.2 Å². The minimum atomic E-state index is -4.36. The van der Waals surface area contributed by atoms with Crippen molar-refractivity contribution in [3.05, 3.63) is 113 Å². The fraction of sp³-hybridized carbons (Fsp3) is 0.188. The van der Waals surface area contributed by atoms with Gasteiger partial charge in [0.1, 0.15) is 0 Å². The van der Waals surface area contributed by atoms with Gasteiger partial charge in [-0.15, -0.1) is 10.2 Å². The lowest BCUT2D eigenvalue weighted by Gasteiger charge is -2.28. The number of H-pyrrole nitrogens is 1. The molecule has 1 amide bonds. The molecular formula is C32H28ClF3N6O. The topological polar surface area (TPSA) is 86.8 Å². The summed E-state index contributed by atoms with van der Waals surface area (Å²) in [6, 6.07) is 27.3. The molecule has 5 aromatic rings. The Balaban J connectivity index is 1.55. The molecule has 0 unspecified atom stereocenters. The van der Waals surface area contributed by atoms with Crippen LogP contribution in [0.15, 0.2) is 91.0 Å². The highest BCUT2D eigenvalue weighted by molar-refractivity contribution is 6.30. The Bertz CT molecular complexity index is 1670. The normalized spacial score (nSPS) is 11.4. The van der Waals surface area contributed by atoms with Gasteiger partial charge in [0.05, 0.1) is 24.2 Å². The van der Waals surface area contributed by atoms with Crippen LogP contribution in [0.5, 0.6) is 0 Å². The van der Waals surface area contributed by atoms with Gasteiger partial charge < -0.3 is 10.2 Å². The van der Waals surface area contributed by atoms with Crippen molar-refractivity contribution in [2.24, 2.45) is 0 Å². The third-order valence-corrected chi connectivity index (χ3v) is 7.12. The SMILES string of the molecule is Cc1ccc(CC(=O)Nc2cc(-c3ccccc3-c3nn[nH]n3)ccc2N(CCC(F)(F)F)Cc2ccc(Cl)cc2)cc1. The summed E-state index contributed by atoms with van der Waals surface area (Å²) in [6.45, 7) is 1.82. The Kier molecular flexibility index (Phi) is 9.06. The van der Waals surface area contributed by atoms with Crippen molar-refractivity contribution in [2.45, 2.75) is 32.5 Å². The van der Waals surface area contributed by atoms with Gasteiger partial charge in [-0.25, -0.2) is 0 Å². The van der Waals surface area contributed by atoms with Crippen molar-refractivity contribution in [1.29, 1.82) is 0 Å². The summed E-state index contributed by atoms with van der Waals surface area (Å²) >= 11 is 6.04. The van der Waals surface area contributed by atoms with Crippen LogP contribution in [0.1, 0.15) is 23.1 Å². The van der Waals surface area contributed by atoms with Crippen molar-refractivity contribution in [1.82, 2.24) is 20.6 Å². The third kappa shape index (κ3) is 7.98. The van der Waals surface area contributed by atoms with Crippen LogP contribution in [-0.4, -0.2) is 39.3 Å². The molecule has 1 heterocycles. The fourth-order valence-corrected chi connectivity index (χ4v) is 4.85. The lowest BCUT2D eigenvalue weighted by atomic mass is 9.98. The Labute approximate surface area is 251 Å². The first-order valence-electron chi connectivity index (χ1n) is 13.5. The summed E-state index contributed by atoms with van der Waals surface area (Å²) in [5.41, 5.74) is 5.69. The summed E-state index contributed by atoms with van der Waals surface area (Å²) in [5.74, 6) is 0.0927. The maximum absolute atomic E-state index is 13.4. The molecule has 0 atom stereocenters. The van der Waals surface area contributed by atoms with E-state index < -0.39 is 12.6 Å². The van der Waals surface area contributed by atoms with E-state index >= 15 is 0 Å². The molecule has 0 aliphatic heterocycles. The van der Waals surface area contributed by atoms with E-state index in [9.17, 15) is 18.0 Å². The van der Waals surface area contributed by atoms with E-state index in [1.807, 2.05) is 61.5 Å². The molecule has 0 spiro atoms. The number of amides is 1. The number of carbonyl (C=O) groups is 1. The molecule has 2 N–H and O–H groups in total. The highest BCUT2D eigenvalue weighted by Crippen LogP contribution is 2.37. The molecule has 0 bridgehead atoms. The minimum absolute atomic E-state index is 0.100. The van der Waals surface area contributed by atoms with Gasteiger partial charge in [0.2, 0.25) is 11.7 Å². The molecule has 7 nitrogen and oxygen atoms in total. The number of rotatable bonds is 10. The van der Waals surface area contributed by atoms with Gasteiger partial charge in [-0.05, 0) is 58.7 Å². The van der Waals surface area contributed by atoms with Gasteiger partial charge in [0.25, 0.3) is 0 Å². The van der Waals surface area contributed by atoms with Crippen LogP contribution in [0.4, 0.5) is 24.5 Å². The second kappa shape index (κ2) is 13.1. The number of carbonyl (C=O) groups excluding carboxylic acids is 1. The molecule has 0 saturated carbocycles. The standard InChI is InChI=1S/C32H28ClF3N6O/c1-21-6-8-22(9-7-21)18-30(43)37-28-19-24(26-4-2-3-5-27(26)31-38-40-41-39-31)12-15-29(28)42(17-16-32(34,35)36)20-23-10-13-25(33)14-11-23/h2-15,19H,16-18,20H2,1H3,(H,37,43)(H,38,39,40,41). The minimum Gasteiger partial charge on any atom is -0.365 e. The van der Waals surface area contributed by atoms with Crippen LogP contribution in [0.3, 0.4) is 0 Å². The van der Waals surface area contributed by atoms with E-state index in [4.69, 9.17) is 11.6 Å². The monoisotopic (exact) mass is 604 g/mol. The Morgan fingerprint density at radius 2 is 1.63 bits per heavy atom. The first-order chi connectivity index (χ1) is 20.6. The van der Waals surface area contributed by atoms with Crippen molar-refractivity contribution >= 4 is 28.9 Å². The zero-order valence-electron chi connectivity index (χ0n) is 23.2. The van der Waals surface area contributed by atoms with Crippen LogP contribution in [-0.2, 0) is 17.8 Å². The Morgan fingerprint density at radius 3 is 2.30 bits per heavy atom. The van der Waals surface area contributed by atoms with E-state index in [2.05, 4.69) is 25.9 Å². The molecule has 0 fully saturated rings. The third-order valence-electron chi connectivity index (χ3n) is 6.87. The second-order valence-electron chi connectivity index (χ2n) is 10.1. The average molecular weight is 605 g/mol. The number of aryl methyl sites for hydroxylation is 1. The lowest BCUT2D eigenvalue weighted by molar-refractivity contribution is -0.132. The molecule has 0 saturated heterocycles. The zero-order chi connectivity index (χ0) is 30.4. The van der Waals surface area contributed by atoms with Crippen molar-refractivity contribution in [3.63, 3.8) is 0 Å². The molecule has 0 radical (unpaired) electrons. The van der Waals surface area contributed by atoms with Crippen molar-refractivity contribution in [2.75, 3.05) is 16.8 Å². The van der Waals surface area contributed by atoms with Gasteiger partial charge in [0, 0.05) is 23.7 Å². The number of halogens is 4. The number of alkyl halides is 3. The van der Waals surface area contributed by atoms with Crippen molar-refractivity contribution < 1.29 is 18.0 Å². The van der Waals surface area contributed by atoms with E-state index in [0.717, 1.165) is 27.8 Å². The van der Waals surface area contributed by atoms with Crippen LogP contribution in [0.25, 0.3) is 22.5 Å². The van der Waals surface area contributed by atoms with Gasteiger partial charge in [-0.2, -0.15) is 18.4 Å². The average Bonchev–Trinajstić information content (AvgIpc) is 3.52. The molecule has 5 rings (SSSR count). The second-order valence-corrected chi connectivity index (χ2v) is 10.6. The molecule has 0 aliphatic carbocycles. The number of tetrazole rings is 1. The van der Waals surface area contributed by atoms with Gasteiger partial charge in [-0.3, -0.25) is 4.79 Å². The number of nitrogens with zero attached hydrogens (tertiary/aromatic N) is 4. The van der Waals surface area contributed by atoms with Crippen molar-refractivity contribution in [3.8, 4) is 22.5 Å². The maximum atomic E-state index is 13.4. The van der Waals surface area contributed by atoms with Crippen LogP contribution in [0, 0.1) is 6.92 Å². The van der Waals surface area contributed by atoms with E-state index in [1.165, 1.54) is 0 Å². The first-order valence-corrected chi connectivity index (χ1v) is 13.9. The fourth-order valence-electron chi connectivity index (χ4n) is 4.73. The number of anilines is 2. The van der Waals surface area contributed by atoms with E-state index in [1.54, 1.807) is 41.3 Å². The number of benzene rings is 4. The summed E-state index contributed by atoms with van der Waals surface area (Å²) in [6.07, 6.45) is -5.29. The molecule has 0 aliphatic rings. The van der Waals surface area contributed by atoms with Crippen LogP contribution in [0.2, 0.25) is 5.02 Å². The quantitative estimate of drug-likeness (QED) is 0.171. The van der Waals surface area contributed by atoms with Gasteiger partial charge >= 0.3 is 6.18 Å². The molecule has 220 valence electrons. The highest BCUT2D eigenvalue weighted by Gasteiger charge is 2.29. The lowest BCUT2D eigenvalue weighted by Crippen LogP contribution is -2.29. The maximum Gasteiger partial charge on any atom is 0.390 e. The summed E-state index contributed by atoms with van der Waals surface area (Å²) in [4.78, 5) is 14.9. The molecule has 4 aromatic carbocycles. The Morgan fingerprint density at radius 1 is 0.930 bits per heavy atom.